The summed E-state index contributed by atoms with van der Waals surface area (Å²) >= 11 is 0. The Bertz CT molecular complexity index is 757. The molecule has 0 bridgehead atoms. The van der Waals surface area contributed by atoms with E-state index in [1.165, 1.54) is 10.4 Å². The van der Waals surface area contributed by atoms with Gasteiger partial charge < -0.3 is 5.73 Å². The molecule has 0 fully saturated rings. The second-order valence-corrected chi connectivity index (χ2v) is 7.09. The Balaban J connectivity index is 2.28. The fraction of sp³-hybridized carbons (Fsp3) is 0.267. The highest BCUT2D eigenvalue weighted by Crippen LogP contribution is 2.20. The number of anilines is 1. The number of nitrogen functional groups attached to an aromatic ring is 1. The summed E-state index contributed by atoms with van der Waals surface area (Å²) in [7, 11) is -2.00. The average molecular weight is 305 g/mol. The van der Waals surface area contributed by atoms with Crippen LogP contribution in [-0.4, -0.2) is 24.8 Å². The number of sulfonamides is 1. The van der Waals surface area contributed by atoms with Crippen molar-refractivity contribution in [1.29, 1.82) is 0 Å². The van der Waals surface area contributed by atoms with Crippen LogP contribution in [-0.2, 0) is 16.6 Å². The zero-order valence-corrected chi connectivity index (χ0v) is 13.2. The molecule has 0 unspecified atom stereocenters. The molecule has 5 nitrogen and oxygen atoms in total. The first kappa shape index (κ1) is 15.5. The second kappa shape index (κ2) is 5.83. The highest BCUT2D eigenvalue weighted by molar-refractivity contribution is 7.89. The average Bonchev–Trinajstić information content (AvgIpc) is 2.41. The molecule has 2 rings (SSSR count). The number of hydrogen-bond donors (Lipinski definition) is 1. The summed E-state index contributed by atoms with van der Waals surface area (Å²) in [6.45, 7) is 3.89. The number of aryl methyl sites for hydroxylation is 2. The molecule has 0 atom stereocenters. The lowest BCUT2D eigenvalue weighted by molar-refractivity contribution is 0.462. The van der Waals surface area contributed by atoms with Crippen molar-refractivity contribution in [3.05, 3.63) is 53.3 Å². The first-order valence-corrected chi connectivity index (χ1v) is 8.00. The van der Waals surface area contributed by atoms with E-state index in [1.54, 1.807) is 26.1 Å². The van der Waals surface area contributed by atoms with Crippen LogP contribution >= 0.6 is 0 Å². The van der Waals surface area contributed by atoms with Crippen molar-refractivity contribution >= 4 is 15.7 Å². The van der Waals surface area contributed by atoms with Crippen molar-refractivity contribution in [3.63, 3.8) is 0 Å². The van der Waals surface area contributed by atoms with Gasteiger partial charge in [0.25, 0.3) is 0 Å². The van der Waals surface area contributed by atoms with Crippen LogP contribution in [0.15, 0.2) is 41.3 Å². The molecular formula is C15H19N3O2S. The highest BCUT2D eigenvalue weighted by atomic mass is 32.2. The van der Waals surface area contributed by atoms with Crippen molar-refractivity contribution < 1.29 is 8.42 Å². The molecule has 1 heterocycles. The molecule has 0 saturated heterocycles. The number of pyridine rings is 1. The van der Waals surface area contributed by atoms with E-state index in [-0.39, 0.29) is 11.4 Å². The van der Waals surface area contributed by atoms with E-state index in [1.807, 2.05) is 25.1 Å². The molecule has 2 N–H and O–H groups in total. The molecule has 2 aromatic rings. The zero-order chi connectivity index (χ0) is 15.6. The number of nitrogens with two attached hydrogens (primary N) is 1. The summed E-state index contributed by atoms with van der Waals surface area (Å²) in [6, 6.07) is 10.3. The predicted molar refractivity (Wildman–Crippen MR) is 83.2 cm³/mol. The third kappa shape index (κ3) is 3.40. The van der Waals surface area contributed by atoms with Crippen LogP contribution in [0.5, 0.6) is 0 Å². The van der Waals surface area contributed by atoms with Crippen molar-refractivity contribution in [1.82, 2.24) is 9.29 Å². The topological polar surface area (TPSA) is 76.3 Å². The molecule has 0 aliphatic carbocycles. The third-order valence-electron chi connectivity index (χ3n) is 3.28. The summed E-state index contributed by atoms with van der Waals surface area (Å²) in [5.41, 5.74) is 8.64. The summed E-state index contributed by atoms with van der Waals surface area (Å²) in [5, 5.41) is 0. The summed E-state index contributed by atoms with van der Waals surface area (Å²) in [4.78, 5) is 4.57. The smallest absolute Gasteiger partial charge is 0.243 e. The lowest BCUT2D eigenvalue weighted by atomic mass is 10.2. The summed E-state index contributed by atoms with van der Waals surface area (Å²) in [6.07, 6.45) is 0. The van der Waals surface area contributed by atoms with Crippen molar-refractivity contribution in [2.24, 2.45) is 0 Å². The van der Waals surface area contributed by atoms with Crippen LogP contribution in [0.2, 0.25) is 0 Å². The van der Waals surface area contributed by atoms with Crippen LogP contribution in [0, 0.1) is 13.8 Å². The number of aromatic nitrogens is 1. The highest BCUT2D eigenvalue weighted by Gasteiger charge is 2.21. The number of rotatable bonds is 4. The standard InChI is InChI=1S/C15H19N3O2S/c1-11-9-14(7-8-15(11)16)21(19,20)18(3)10-13-6-4-5-12(2)17-13/h4-9H,10,16H2,1-3H3. The normalized spacial score (nSPS) is 11.8. The molecular weight excluding hydrogens is 286 g/mol. The molecule has 0 saturated carbocycles. The monoisotopic (exact) mass is 305 g/mol. The Labute approximate surface area is 125 Å². The van der Waals surface area contributed by atoms with Gasteiger partial charge in [-0.05, 0) is 49.7 Å². The third-order valence-corrected chi connectivity index (χ3v) is 5.08. The largest absolute Gasteiger partial charge is 0.399 e. The fourth-order valence-electron chi connectivity index (χ4n) is 1.99. The fourth-order valence-corrected chi connectivity index (χ4v) is 3.22. The van der Waals surface area contributed by atoms with Crippen LogP contribution in [0.4, 0.5) is 5.69 Å². The Morgan fingerprint density at radius 3 is 2.52 bits per heavy atom. The van der Waals surface area contributed by atoms with Crippen molar-refractivity contribution in [2.45, 2.75) is 25.3 Å². The maximum atomic E-state index is 12.5. The SMILES string of the molecule is Cc1cccc(CN(C)S(=O)(=O)c2ccc(N)c(C)c2)n1. The van der Waals surface area contributed by atoms with Gasteiger partial charge in [-0.1, -0.05) is 6.07 Å². The van der Waals surface area contributed by atoms with Gasteiger partial charge >= 0.3 is 0 Å². The van der Waals surface area contributed by atoms with Crippen molar-refractivity contribution in [3.8, 4) is 0 Å². The van der Waals surface area contributed by atoms with Gasteiger partial charge in [-0.2, -0.15) is 4.31 Å². The lowest BCUT2D eigenvalue weighted by Gasteiger charge is -2.17. The van der Waals surface area contributed by atoms with E-state index in [9.17, 15) is 8.42 Å². The number of benzene rings is 1. The van der Waals surface area contributed by atoms with Gasteiger partial charge in [0.2, 0.25) is 10.0 Å². The Kier molecular flexibility index (Phi) is 4.29. The molecule has 0 amide bonds. The molecule has 0 aliphatic rings. The molecule has 1 aromatic heterocycles. The summed E-state index contributed by atoms with van der Waals surface area (Å²) in [5.74, 6) is 0. The van der Waals surface area contributed by atoms with E-state index in [2.05, 4.69) is 4.98 Å². The van der Waals surface area contributed by atoms with Gasteiger partial charge in [-0.3, -0.25) is 4.98 Å². The minimum Gasteiger partial charge on any atom is -0.399 e. The van der Waals surface area contributed by atoms with Gasteiger partial charge in [0, 0.05) is 18.4 Å². The Morgan fingerprint density at radius 2 is 1.90 bits per heavy atom. The van der Waals surface area contributed by atoms with Gasteiger partial charge in [-0.15, -0.1) is 0 Å². The quantitative estimate of drug-likeness (QED) is 0.878. The molecule has 0 radical (unpaired) electrons. The molecule has 0 spiro atoms. The van der Waals surface area contributed by atoms with E-state index in [0.29, 0.717) is 11.4 Å². The first-order chi connectivity index (χ1) is 9.80. The van der Waals surface area contributed by atoms with Crippen LogP contribution in [0.3, 0.4) is 0 Å². The number of nitrogens with zero attached hydrogens (tertiary/aromatic N) is 2. The van der Waals surface area contributed by atoms with Gasteiger partial charge in [-0.25, -0.2) is 8.42 Å². The summed E-state index contributed by atoms with van der Waals surface area (Å²) < 4.78 is 26.4. The second-order valence-electron chi connectivity index (χ2n) is 5.05. The Hall–Kier alpha value is -1.92. The maximum absolute atomic E-state index is 12.5. The van der Waals surface area contributed by atoms with E-state index in [4.69, 9.17) is 5.73 Å². The molecule has 0 aliphatic heterocycles. The minimum atomic E-state index is -3.55. The van der Waals surface area contributed by atoms with Crippen LogP contribution in [0.1, 0.15) is 17.0 Å². The van der Waals surface area contributed by atoms with E-state index in [0.717, 1.165) is 11.3 Å². The molecule has 6 heteroatoms. The first-order valence-electron chi connectivity index (χ1n) is 6.55. The molecule has 112 valence electrons. The van der Waals surface area contributed by atoms with Gasteiger partial charge in [0.05, 0.1) is 17.1 Å². The predicted octanol–water partition coefficient (Wildman–Crippen LogP) is 2.10. The van der Waals surface area contributed by atoms with Crippen LogP contribution in [0.25, 0.3) is 0 Å². The van der Waals surface area contributed by atoms with E-state index >= 15 is 0 Å². The van der Waals surface area contributed by atoms with Gasteiger partial charge in [0.15, 0.2) is 0 Å². The Morgan fingerprint density at radius 1 is 1.19 bits per heavy atom. The lowest BCUT2D eigenvalue weighted by Crippen LogP contribution is -2.27. The minimum absolute atomic E-state index is 0.230. The maximum Gasteiger partial charge on any atom is 0.243 e. The number of hydrogen-bond acceptors (Lipinski definition) is 4. The van der Waals surface area contributed by atoms with Crippen LogP contribution < -0.4 is 5.73 Å². The van der Waals surface area contributed by atoms with Gasteiger partial charge in [0.1, 0.15) is 0 Å². The zero-order valence-electron chi connectivity index (χ0n) is 12.4. The molecule has 21 heavy (non-hydrogen) atoms. The van der Waals surface area contributed by atoms with Crippen molar-refractivity contribution in [2.75, 3.05) is 12.8 Å². The van der Waals surface area contributed by atoms with E-state index < -0.39 is 10.0 Å². The molecule has 1 aromatic carbocycles.